The molecule has 1 saturated heterocycles. The van der Waals surface area contributed by atoms with Gasteiger partial charge >= 0.3 is 0 Å². The minimum absolute atomic E-state index is 0. The summed E-state index contributed by atoms with van der Waals surface area (Å²) in [7, 11) is 1.64. The molecule has 1 fully saturated rings. The van der Waals surface area contributed by atoms with Crippen molar-refractivity contribution in [3.63, 3.8) is 0 Å². The molecule has 1 heterocycles. The van der Waals surface area contributed by atoms with E-state index in [9.17, 15) is 4.79 Å². The number of aliphatic imine (C=N–C) groups is 1. The molecule has 6 nitrogen and oxygen atoms in total. The van der Waals surface area contributed by atoms with Crippen LogP contribution in [-0.2, 0) is 6.54 Å². The Balaban J connectivity index is 0.00000392. The smallest absolute Gasteiger partial charge is 0.251 e. The first-order valence-corrected chi connectivity index (χ1v) is 10.2. The third-order valence-electron chi connectivity index (χ3n) is 5.06. The summed E-state index contributed by atoms with van der Waals surface area (Å²) in [6.07, 6.45) is 5.16. The number of likely N-dealkylation sites (tertiary alicyclic amines) is 1. The van der Waals surface area contributed by atoms with Crippen molar-refractivity contribution in [1.29, 1.82) is 0 Å². The van der Waals surface area contributed by atoms with Crippen molar-refractivity contribution in [2.75, 3.05) is 33.2 Å². The van der Waals surface area contributed by atoms with Crippen molar-refractivity contribution in [2.45, 2.75) is 52.1 Å². The average molecular weight is 501 g/mol. The molecule has 0 aromatic heterocycles. The summed E-state index contributed by atoms with van der Waals surface area (Å²) in [5.74, 6) is 0.780. The number of hydrogen-bond acceptors (Lipinski definition) is 3. The van der Waals surface area contributed by atoms with Gasteiger partial charge in [0, 0.05) is 38.3 Å². The number of carbonyl (C=O) groups is 1. The van der Waals surface area contributed by atoms with Crippen LogP contribution in [0.4, 0.5) is 0 Å². The van der Waals surface area contributed by atoms with Crippen molar-refractivity contribution in [1.82, 2.24) is 20.9 Å². The average Bonchev–Trinajstić information content (AvgIpc) is 2.70. The fourth-order valence-corrected chi connectivity index (χ4v) is 3.40. The first-order valence-electron chi connectivity index (χ1n) is 10.2. The van der Waals surface area contributed by atoms with E-state index in [1.165, 1.54) is 25.8 Å². The molecule has 1 aliphatic rings. The first-order chi connectivity index (χ1) is 13.1. The summed E-state index contributed by atoms with van der Waals surface area (Å²) < 4.78 is 0. The van der Waals surface area contributed by atoms with Crippen LogP contribution in [0.25, 0.3) is 0 Å². The lowest BCUT2D eigenvalue weighted by molar-refractivity contribution is 0.0963. The number of guanidine groups is 1. The zero-order valence-electron chi connectivity index (χ0n) is 17.5. The van der Waals surface area contributed by atoms with Crippen LogP contribution in [-0.4, -0.2) is 56.0 Å². The second-order valence-electron chi connectivity index (χ2n) is 7.13. The fourth-order valence-electron chi connectivity index (χ4n) is 3.40. The summed E-state index contributed by atoms with van der Waals surface area (Å²) in [5.41, 5.74) is 1.75. The molecule has 7 heteroatoms. The number of carbonyl (C=O) groups excluding carboxylic acids is 1. The highest BCUT2D eigenvalue weighted by Gasteiger charge is 2.17. The topological polar surface area (TPSA) is 68.8 Å². The summed E-state index contributed by atoms with van der Waals surface area (Å²) in [6.45, 7) is 9.15. The molecular formula is C21H36IN5O. The number of halogens is 1. The minimum atomic E-state index is -0.0666. The summed E-state index contributed by atoms with van der Waals surface area (Å²) >= 11 is 0. The van der Waals surface area contributed by atoms with Gasteiger partial charge in [0.15, 0.2) is 5.96 Å². The van der Waals surface area contributed by atoms with Gasteiger partial charge in [-0.2, -0.15) is 0 Å². The lowest BCUT2D eigenvalue weighted by atomic mass is 10.0. The molecule has 1 aliphatic heterocycles. The van der Waals surface area contributed by atoms with Gasteiger partial charge in [-0.3, -0.25) is 4.79 Å². The highest BCUT2D eigenvalue weighted by atomic mass is 127. The molecule has 0 bridgehead atoms. The third-order valence-corrected chi connectivity index (χ3v) is 5.06. The lowest BCUT2D eigenvalue weighted by Gasteiger charge is -2.33. The van der Waals surface area contributed by atoms with E-state index in [-0.39, 0.29) is 29.9 Å². The normalized spacial score (nSPS) is 17.5. The van der Waals surface area contributed by atoms with Crippen molar-refractivity contribution in [3.8, 4) is 0 Å². The predicted molar refractivity (Wildman–Crippen MR) is 128 cm³/mol. The van der Waals surface area contributed by atoms with Gasteiger partial charge in [0.2, 0.25) is 0 Å². The Bertz CT molecular complexity index is 605. The maximum atomic E-state index is 11.6. The van der Waals surface area contributed by atoms with Gasteiger partial charge in [0.05, 0.1) is 6.54 Å². The Labute approximate surface area is 187 Å². The molecule has 0 spiro atoms. The summed E-state index contributed by atoms with van der Waals surface area (Å²) in [5, 5.41) is 9.36. The molecule has 0 saturated carbocycles. The number of hydrogen-bond donors (Lipinski definition) is 3. The Morgan fingerprint density at radius 3 is 2.61 bits per heavy atom. The monoisotopic (exact) mass is 501 g/mol. The summed E-state index contributed by atoms with van der Waals surface area (Å²) in [4.78, 5) is 18.9. The molecule has 28 heavy (non-hydrogen) atoms. The Kier molecular flexibility index (Phi) is 12.1. The second-order valence-corrected chi connectivity index (χ2v) is 7.13. The highest BCUT2D eigenvalue weighted by molar-refractivity contribution is 14.0. The molecule has 1 aromatic carbocycles. The van der Waals surface area contributed by atoms with Crippen molar-refractivity contribution >= 4 is 35.8 Å². The van der Waals surface area contributed by atoms with Crippen LogP contribution < -0.4 is 16.0 Å². The molecule has 0 aliphatic carbocycles. The molecule has 1 unspecified atom stereocenters. The second kappa shape index (κ2) is 13.8. The molecule has 158 valence electrons. The van der Waals surface area contributed by atoms with Crippen LogP contribution in [0.1, 0.15) is 55.5 Å². The van der Waals surface area contributed by atoms with Crippen LogP contribution in [0.3, 0.4) is 0 Å². The van der Waals surface area contributed by atoms with E-state index in [1.807, 2.05) is 24.3 Å². The zero-order valence-corrected chi connectivity index (χ0v) is 19.8. The maximum Gasteiger partial charge on any atom is 0.251 e. The van der Waals surface area contributed by atoms with E-state index >= 15 is 0 Å². The Morgan fingerprint density at radius 1 is 1.21 bits per heavy atom. The van der Waals surface area contributed by atoms with Gasteiger partial charge in [-0.15, -0.1) is 24.0 Å². The van der Waals surface area contributed by atoms with Crippen LogP contribution in [0.5, 0.6) is 0 Å². The molecule has 2 rings (SSSR count). The molecule has 1 atom stereocenters. The quantitative estimate of drug-likeness (QED) is 0.222. The van der Waals surface area contributed by atoms with Crippen molar-refractivity contribution < 1.29 is 4.79 Å². The number of benzene rings is 1. The predicted octanol–water partition coefficient (Wildman–Crippen LogP) is 2.98. The number of nitrogens with one attached hydrogen (secondary N) is 3. The van der Waals surface area contributed by atoms with E-state index in [0.717, 1.165) is 43.6 Å². The van der Waals surface area contributed by atoms with Gasteiger partial charge < -0.3 is 20.9 Å². The maximum absolute atomic E-state index is 11.6. The van der Waals surface area contributed by atoms with Crippen LogP contribution in [0.2, 0.25) is 0 Å². The van der Waals surface area contributed by atoms with E-state index in [4.69, 9.17) is 0 Å². The number of amides is 1. The molecule has 1 aromatic rings. The fraction of sp³-hybridized carbons (Fsp3) is 0.619. The van der Waals surface area contributed by atoms with Gasteiger partial charge in [0.1, 0.15) is 0 Å². The molecular weight excluding hydrogens is 465 g/mol. The largest absolute Gasteiger partial charge is 0.357 e. The first kappa shape index (κ1) is 24.7. The van der Waals surface area contributed by atoms with Crippen LogP contribution in [0, 0.1) is 0 Å². The molecule has 3 N–H and O–H groups in total. The third kappa shape index (κ3) is 8.34. The lowest BCUT2D eigenvalue weighted by Crippen LogP contribution is -2.41. The van der Waals surface area contributed by atoms with Crippen molar-refractivity contribution in [3.05, 3.63) is 35.4 Å². The zero-order chi connectivity index (χ0) is 19.5. The Hall–Kier alpha value is -1.35. The SMILES string of the molecule is CCNC(=NCc1ccc(C(=O)NC)cc1)NCCCN1CCCCC1C.I. The van der Waals surface area contributed by atoms with E-state index in [1.54, 1.807) is 7.05 Å². The molecule has 1 amide bonds. The van der Waals surface area contributed by atoms with E-state index in [0.29, 0.717) is 12.1 Å². The number of nitrogens with zero attached hydrogens (tertiary/aromatic N) is 2. The van der Waals surface area contributed by atoms with E-state index < -0.39 is 0 Å². The van der Waals surface area contributed by atoms with Crippen molar-refractivity contribution in [2.24, 2.45) is 4.99 Å². The van der Waals surface area contributed by atoms with Gasteiger partial charge in [-0.05, 0) is 57.4 Å². The van der Waals surface area contributed by atoms with Crippen LogP contribution in [0.15, 0.2) is 29.3 Å². The van der Waals surface area contributed by atoms with Gasteiger partial charge in [-0.1, -0.05) is 18.6 Å². The van der Waals surface area contributed by atoms with Crippen LogP contribution >= 0.6 is 24.0 Å². The van der Waals surface area contributed by atoms with Gasteiger partial charge in [0.25, 0.3) is 5.91 Å². The Morgan fingerprint density at radius 2 is 1.96 bits per heavy atom. The summed E-state index contributed by atoms with van der Waals surface area (Å²) in [6, 6.07) is 8.30. The minimum Gasteiger partial charge on any atom is -0.357 e. The number of rotatable bonds is 8. The number of piperidine rings is 1. The highest BCUT2D eigenvalue weighted by Crippen LogP contribution is 2.16. The molecule has 0 radical (unpaired) electrons. The van der Waals surface area contributed by atoms with Gasteiger partial charge in [-0.25, -0.2) is 4.99 Å². The standard InChI is InChI=1S/C21H35N5O.HI/c1-4-23-21(24-13-7-15-26-14-6-5-8-17(26)2)25-16-18-9-11-19(12-10-18)20(27)22-3;/h9-12,17H,4-8,13-16H2,1-3H3,(H,22,27)(H2,23,24,25);1H. The van der Waals surface area contributed by atoms with E-state index in [2.05, 4.69) is 39.7 Å².